The van der Waals surface area contributed by atoms with Crippen LogP contribution in [-0.4, -0.2) is 5.75 Å². The van der Waals surface area contributed by atoms with Crippen LogP contribution in [0.5, 0.6) is 0 Å². The van der Waals surface area contributed by atoms with Crippen LogP contribution in [0.15, 0.2) is 24.3 Å². The molecular weight excluding hydrogens is 299 g/mol. The van der Waals surface area contributed by atoms with E-state index in [1.54, 1.807) is 13.0 Å². The largest absolute Gasteiger partial charge is 0.207 e. The Morgan fingerprint density at radius 2 is 2.16 bits per heavy atom. The zero-order valence-electron chi connectivity index (χ0n) is 10.6. The van der Waals surface area contributed by atoms with Crippen molar-refractivity contribution in [2.24, 2.45) is 0 Å². The van der Waals surface area contributed by atoms with Crippen LogP contribution in [-0.2, 0) is 12.2 Å². The van der Waals surface area contributed by atoms with Crippen molar-refractivity contribution in [3.63, 3.8) is 0 Å². The van der Waals surface area contributed by atoms with Crippen molar-refractivity contribution in [3.05, 3.63) is 56.5 Å². The first-order valence-corrected chi connectivity index (χ1v) is 8.65. The lowest BCUT2D eigenvalue weighted by atomic mass is 10.1. The van der Waals surface area contributed by atoms with Crippen LogP contribution in [0.3, 0.4) is 0 Å². The maximum atomic E-state index is 13.3. The van der Waals surface area contributed by atoms with Gasteiger partial charge in [-0.25, -0.2) is 4.39 Å². The Kier molecular flexibility index (Phi) is 3.88. The maximum Gasteiger partial charge on any atom is 0.126 e. The standard InChI is InChI=1S/C15H14ClFS2/c1-9-6-10(2-3-12(9)17)15(16)14-7-11-8-18-5-4-13(11)19-14/h2-3,6-7,15H,4-5,8H2,1H3. The van der Waals surface area contributed by atoms with E-state index < -0.39 is 0 Å². The van der Waals surface area contributed by atoms with Gasteiger partial charge in [-0.2, -0.15) is 11.8 Å². The summed E-state index contributed by atoms with van der Waals surface area (Å²) in [6.45, 7) is 1.78. The van der Waals surface area contributed by atoms with Crippen molar-refractivity contribution in [1.29, 1.82) is 0 Å². The molecule has 0 amide bonds. The van der Waals surface area contributed by atoms with Crippen LogP contribution in [0.4, 0.5) is 4.39 Å². The first-order chi connectivity index (χ1) is 9.15. The normalized spacial score (nSPS) is 16.2. The summed E-state index contributed by atoms with van der Waals surface area (Å²) in [4.78, 5) is 2.65. The molecule has 3 rings (SSSR count). The van der Waals surface area contributed by atoms with Gasteiger partial charge in [-0.3, -0.25) is 0 Å². The Morgan fingerprint density at radius 3 is 2.89 bits per heavy atom. The fraction of sp³-hybridized carbons (Fsp3) is 0.333. The van der Waals surface area contributed by atoms with Crippen molar-refractivity contribution >= 4 is 34.7 Å². The van der Waals surface area contributed by atoms with E-state index >= 15 is 0 Å². The highest BCUT2D eigenvalue weighted by molar-refractivity contribution is 7.98. The Morgan fingerprint density at radius 1 is 1.32 bits per heavy atom. The van der Waals surface area contributed by atoms with E-state index in [9.17, 15) is 4.39 Å². The number of fused-ring (bicyclic) bond motifs is 1. The van der Waals surface area contributed by atoms with Gasteiger partial charge < -0.3 is 0 Å². The number of alkyl halides is 1. The number of thiophene rings is 1. The van der Waals surface area contributed by atoms with Gasteiger partial charge in [-0.1, -0.05) is 12.1 Å². The van der Waals surface area contributed by atoms with Gasteiger partial charge in [0, 0.05) is 15.5 Å². The van der Waals surface area contributed by atoms with Crippen LogP contribution in [0, 0.1) is 12.7 Å². The van der Waals surface area contributed by atoms with Crippen LogP contribution < -0.4 is 0 Å². The maximum absolute atomic E-state index is 13.3. The lowest BCUT2D eigenvalue weighted by molar-refractivity contribution is 0.617. The molecule has 2 heterocycles. The highest BCUT2D eigenvalue weighted by Crippen LogP contribution is 2.39. The minimum Gasteiger partial charge on any atom is -0.207 e. The molecule has 0 radical (unpaired) electrons. The molecule has 1 aromatic heterocycles. The Labute approximate surface area is 126 Å². The van der Waals surface area contributed by atoms with Crippen LogP contribution in [0.2, 0.25) is 0 Å². The van der Waals surface area contributed by atoms with Gasteiger partial charge in [0.2, 0.25) is 0 Å². The van der Waals surface area contributed by atoms with Gasteiger partial charge in [-0.05, 0) is 47.9 Å². The molecule has 0 fully saturated rings. The molecule has 2 aromatic rings. The van der Waals surface area contributed by atoms with Crippen LogP contribution in [0.1, 0.15) is 31.8 Å². The first-order valence-electron chi connectivity index (χ1n) is 6.24. The van der Waals surface area contributed by atoms with Crippen molar-refractivity contribution in [2.45, 2.75) is 24.5 Å². The number of halogens is 2. The molecule has 0 nitrogen and oxygen atoms in total. The summed E-state index contributed by atoms with van der Waals surface area (Å²) in [5, 5.41) is -0.167. The molecule has 1 aliphatic rings. The van der Waals surface area contributed by atoms with Crippen molar-refractivity contribution < 1.29 is 4.39 Å². The minimum absolute atomic E-state index is 0.167. The molecule has 4 heteroatoms. The predicted octanol–water partition coefficient (Wildman–Crippen LogP) is 5.31. The highest BCUT2D eigenvalue weighted by atomic mass is 35.5. The summed E-state index contributed by atoms with van der Waals surface area (Å²) in [5.74, 6) is 2.13. The van der Waals surface area contributed by atoms with E-state index in [0.717, 1.165) is 17.7 Å². The second kappa shape index (κ2) is 5.47. The lowest BCUT2D eigenvalue weighted by Gasteiger charge is -2.09. The molecule has 0 aliphatic carbocycles. The molecular formula is C15H14ClFS2. The third kappa shape index (κ3) is 2.69. The number of hydrogen-bond acceptors (Lipinski definition) is 2. The summed E-state index contributed by atoms with van der Waals surface area (Å²) in [7, 11) is 0. The zero-order valence-corrected chi connectivity index (χ0v) is 13.0. The fourth-order valence-electron chi connectivity index (χ4n) is 2.28. The summed E-state index contributed by atoms with van der Waals surface area (Å²) in [5.41, 5.74) is 3.06. The molecule has 1 aromatic carbocycles. The van der Waals surface area contributed by atoms with Crippen molar-refractivity contribution in [2.75, 3.05) is 5.75 Å². The molecule has 100 valence electrons. The second-order valence-corrected chi connectivity index (χ2v) is 7.48. The monoisotopic (exact) mass is 312 g/mol. The van der Waals surface area contributed by atoms with E-state index in [0.29, 0.717) is 5.56 Å². The number of benzene rings is 1. The smallest absolute Gasteiger partial charge is 0.126 e. The minimum atomic E-state index is -0.172. The quantitative estimate of drug-likeness (QED) is 0.677. The number of hydrogen-bond donors (Lipinski definition) is 0. The zero-order chi connectivity index (χ0) is 13.4. The fourth-order valence-corrected chi connectivity index (χ4v) is 5.00. The molecule has 19 heavy (non-hydrogen) atoms. The summed E-state index contributed by atoms with van der Waals surface area (Å²) in [6, 6.07) is 7.36. The predicted molar refractivity (Wildman–Crippen MR) is 83.0 cm³/mol. The number of aryl methyl sites for hydroxylation is 2. The molecule has 0 saturated heterocycles. The molecule has 1 atom stereocenters. The van der Waals surface area contributed by atoms with Crippen LogP contribution >= 0.6 is 34.7 Å². The van der Waals surface area contributed by atoms with Gasteiger partial charge in [0.25, 0.3) is 0 Å². The Hall–Kier alpha value is -0.510. The first kappa shape index (κ1) is 13.5. The average Bonchev–Trinajstić information content (AvgIpc) is 2.85. The summed E-state index contributed by atoms with van der Waals surface area (Å²) < 4.78 is 13.3. The average molecular weight is 313 g/mol. The van der Waals surface area contributed by atoms with E-state index in [1.165, 1.54) is 27.1 Å². The van der Waals surface area contributed by atoms with Crippen LogP contribution in [0.25, 0.3) is 0 Å². The van der Waals surface area contributed by atoms with Gasteiger partial charge in [0.1, 0.15) is 5.82 Å². The molecule has 0 saturated carbocycles. The molecule has 0 N–H and O–H groups in total. The molecule has 1 aliphatic heterocycles. The van der Waals surface area contributed by atoms with Gasteiger partial charge in [0.05, 0.1) is 5.38 Å². The third-order valence-corrected chi connectivity index (χ3v) is 6.30. The molecule has 0 spiro atoms. The van der Waals surface area contributed by atoms with Crippen molar-refractivity contribution in [3.8, 4) is 0 Å². The number of thioether (sulfide) groups is 1. The topological polar surface area (TPSA) is 0 Å². The van der Waals surface area contributed by atoms with E-state index in [1.807, 2.05) is 29.2 Å². The lowest BCUT2D eigenvalue weighted by Crippen LogP contribution is -1.96. The van der Waals surface area contributed by atoms with E-state index in [4.69, 9.17) is 11.6 Å². The van der Waals surface area contributed by atoms with E-state index in [-0.39, 0.29) is 11.2 Å². The van der Waals surface area contributed by atoms with Gasteiger partial charge in [-0.15, -0.1) is 22.9 Å². The van der Waals surface area contributed by atoms with E-state index in [2.05, 4.69) is 6.07 Å². The Balaban J connectivity index is 1.92. The molecule has 1 unspecified atom stereocenters. The summed E-state index contributed by atoms with van der Waals surface area (Å²) in [6.07, 6.45) is 1.15. The summed E-state index contributed by atoms with van der Waals surface area (Å²) >= 11 is 10.3. The SMILES string of the molecule is Cc1cc(C(Cl)c2cc3c(s2)CCSC3)ccc1F. The Bertz CT molecular complexity index is 583. The van der Waals surface area contributed by atoms with Gasteiger partial charge >= 0.3 is 0 Å². The third-order valence-electron chi connectivity index (χ3n) is 3.37. The van der Waals surface area contributed by atoms with Gasteiger partial charge in [0.15, 0.2) is 0 Å². The number of rotatable bonds is 2. The second-order valence-electron chi connectivity index (χ2n) is 4.77. The molecule has 0 bridgehead atoms. The highest BCUT2D eigenvalue weighted by Gasteiger charge is 2.19. The van der Waals surface area contributed by atoms with Crippen molar-refractivity contribution in [1.82, 2.24) is 0 Å².